The molecule has 1 aliphatic heterocycles. The molecule has 1 unspecified atom stereocenters. The van der Waals surface area contributed by atoms with Gasteiger partial charge in [0, 0.05) is 29.2 Å². The Labute approximate surface area is 207 Å². The van der Waals surface area contributed by atoms with Gasteiger partial charge < -0.3 is 19.7 Å². The number of halogens is 1. The molecule has 1 aromatic heterocycles. The maximum atomic E-state index is 13.5. The first-order valence-corrected chi connectivity index (χ1v) is 11.8. The number of ether oxygens (including phenoxy) is 1. The topological polar surface area (TPSA) is 82.6 Å². The smallest absolute Gasteiger partial charge is 0.295 e. The summed E-state index contributed by atoms with van der Waals surface area (Å²) in [6, 6.07) is 19.4. The van der Waals surface area contributed by atoms with Crippen LogP contribution in [0.1, 0.15) is 29.7 Å². The number of Topliss-reactive ketones (excluding diaryl/α,β-unsaturated/α-hetero) is 1. The van der Waals surface area contributed by atoms with Crippen molar-refractivity contribution in [2.45, 2.75) is 19.4 Å². The van der Waals surface area contributed by atoms with Crippen LogP contribution in [0.3, 0.4) is 0 Å². The van der Waals surface area contributed by atoms with E-state index in [9.17, 15) is 19.1 Å². The zero-order valence-electron chi connectivity index (χ0n) is 19.7. The van der Waals surface area contributed by atoms with Gasteiger partial charge in [0.15, 0.2) is 0 Å². The zero-order chi connectivity index (χ0) is 25.2. The van der Waals surface area contributed by atoms with Crippen LogP contribution in [0.2, 0.25) is 0 Å². The predicted octanol–water partition coefficient (Wildman–Crippen LogP) is 5.37. The quantitative estimate of drug-likeness (QED) is 0.210. The highest BCUT2D eigenvalue weighted by molar-refractivity contribution is 6.46. The zero-order valence-corrected chi connectivity index (χ0v) is 19.7. The fourth-order valence-corrected chi connectivity index (χ4v) is 4.71. The lowest BCUT2D eigenvalue weighted by atomic mass is 9.95. The van der Waals surface area contributed by atoms with Gasteiger partial charge in [0.1, 0.15) is 17.3 Å². The molecule has 0 bridgehead atoms. The van der Waals surface area contributed by atoms with Gasteiger partial charge in [-0.1, -0.05) is 30.3 Å². The van der Waals surface area contributed by atoms with Crippen LogP contribution < -0.4 is 4.74 Å². The van der Waals surface area contributed by atoms with E-state index in [0.717, 1.165) is 16.5 Å². The summed E-state index contributed by atoms with van der Waals surface area (Å²) < 4.78 is 19.0. The second-order valence-electron chi connectivity index (χ2n) is 8.61. The van der Waals surface area contributed by atoms with Crippen LogP contribution in [0.15, 0.2) is 84.6 Å². The molecule has 2 heterocycles. The average molecular weight is 485 g/mol. The molecule has 0 spiro atoms. The van der Waals surface area contributed by atoms with E-state index in [-0.39, 0.29) is 23.4 Å². The lowest BCUT2D eigenvalue weighted by Gasteiger charge is -2.25. The van der Waals surface area contributed by atoms with E-state index < -0.39 is 23.5 Å². The SMILES string of the molecule is CCOc1ccc(C2/C(=C(/O)c3ccc(F)cc3)C(=O)C(=O)N2CCc2c[nH]c3ccccc23)cc1. The van der Waals surface area contributed by atoms with Crippen LogP contribution in [-0.4, -0.2) is 39.8 Å². The molecular weight excluding hydrogens is 459 g/mol. The van der Waals surface area contributed by atoms with Crippen molar-refractivity contribution in [1.82, 2.24) is 9.88 Å². The number of hydrogen-bond acceptors (Lipinski definition) is 4. The van der Waals surface area contributed by atoms with Gasteiger partial charge in [-0.25, -0.2) is 4.39 Å². The molecule has 1 amide bonds. The number of aliphatic hydroxyl groups excluding tert-OH is 1. The van der Waals surface area contributed by atoms with Crippen LogP contribution in [0.25, 0.3) is 16.7 Å². The predicted molar refractivity (Wildman–Crippen MR) is 135 cm³/mol. The van der Waals surface area contributed by atoms with Crippen LogP contribution in [-0.2, 0) is 16.0 Å². The Bertz CT molecular complexity index is 1450. The fraction of sp³-hybridized carbons (Fsp3) is 0.172. The Hall–Kier alpha value is -4.39. The van der Waals surface area contributed by atoms with Crippen molar-refractivity contribution in [3.05, 3.63) is 107 Å². The van der Waals surface area contributed by atoms with Gasteiger partial charge in [0.25, 0.3) is 11.7 Å². The van der Waals surface area contributed by atoms with Crippen LogP contribution >= 0.6 is 0 Å². The minimum Gasteiger partial charge on any atom is -0.507 e. The number of para-hydroxylation sites is 1. The number of amides is 1. The number of rotatable bonds is 7. The highest BCUT2D eigenvalue weighted by Gasteiger charge is 2.45. The maximum Gasteiger partial charge on any atom is 0.295 e. The number of aromatic amines is 1. The number of aromatic nitrogens is 1. The van der Waals surface area contributed by atoms with Crippen LogP contribution in [0.4, 0.5) is 4.39 Å². The van der Waals surface area contributed by atoms with E-state index in [4.69, 9.17) is 4.74 Å². The Morgan fingerprint density at radius 1 is 1.03 bits per heavy atom. The summed E-state index contributed by atoms with van der Waals surface area (Å²) in [6.07, 6.45) is 2.42. The first-order valence-electron chi connectivity index (χ1n) is 11.8. The van der Waals surface area contributed by atoms with E-state index in [1.807, 2.05) is 37.4 Å². The Kier molecular flexibility index (Phi) is 6.29. The molecular formula is C29H25FN2O4. The van der Waals surface area contributed by atoms with E-state index in [1.54, 1.807) is 24.3 Å². The lowest BCUT2D eigenvalue weighted by Crippen LogP contribution is -2.31. The van der Waals surface area contributed by atoms with Gasteiger partial charge >= 0.3 is 0 Å². The summed E-state index contributed by atoms with van der Waals surface area (Å²) in [5.74, 6) is -1.59. The van der Waals surface area contributed by atoms with Crippen molar-refractivity contribution in [2.24, 2.45) is 0 Å². The second kappa shape index (κ2) is 9.70. The van der Waals surface area contributed by atoms with Crippen molar-refractivity contribution in [3.8, 4) is 5.75 Å². The fourth-order valence-electron chi connectivity index (χ4n) is 4.71. The van der Waals surface area contributed by atoms with Gasteiger partial charge in [-0.05, 0) is 66.9 Å². The van der Waals surface area contributed by atoms with Crippen LogP contribution in [0, 0.1) is 5.82 Å². The molecule has 0 saturated carbocycles. The number of H-pyrrole nitrogens is 1. The molecule has 1 fully saturated rings. The molecule has 6 nitrogen and oxygen atoms in total. The van der Waals surface area contributed by atoms with Crippen molar-refractivity contribution >= 4 is 28.4 Å². The molecule has 1 atom stereocenters. The lowest BCUT2D eigenvalue weighted by molar-refractivity contribution is -0.139. The number of hydrogen-bond donors (Lipinski definition) is 2. The third kappa shape index (κ3) is 4.24. The van der Waals surface area contributed by atoms with E-state index in [1.165, 1.54) is 29.2 Å². The highest BCUT2D eigenvalue weighted by Crippen LogP contribution is 2.40. The number of nitrogens with zero attached hydrogens (tertiary/aromatic N) is 1. The summed E-state index contributed by atoms with van der Waals surface area (Å²) in [5, 5.41) is 12.2. The highest BCUT2D eigenvalue weighted by atomic mass is 19.1. The molecule has 7 heteroatoms. The minimum atomic E-state index is -0.795. The Morgan fingerprint density at radius 3 is 2.47 bits per heavy atom. The van der Waals surface area contributed by atoms with Crippen molar-refractivity contribution in [3.63, 3.8) is 0 Å². The Morgan fingerprint density at radius 2 is 1.75 bits per heavy atom. The van der Waals surface area contributed by atoms with Crippen LogP contribution in [0.5, 0.6) is 5.75 Å². The molecule has 4 aromatic rings. The molecule has 1 aliphatic rings. The van der Waals surface area contributed by atoms with Crippen molar-refractivity contribution in [2.75, 3.05) is 13.2 Å². The van der Waals surface area contributed by atoms with Gasteiger partial charge in [0.05, 0.1) is 18.2 Å². The largest absolute Gasteiger partial charge is 0.507 e. The first-order chi connectivity index (χ1) is 17.5. The first kappa shape index (κ1) is 23.4. The number of fused-ring (bicyclic) bond motifs is 1. The molecule has 2 N–H and O–H groups in total. The number of carbonyl (C=O) groups is 2. The molecule has 182 valence electrons. The van der Waals surface area contributed by atoms with E-state index in [0.29, 0.717) is 24.3 Å². The standard InChI is InChI=1S/C29H25FN2O4/c1-2-36-22-13-9-18(10-14-22)26-25(27(33)19-7-11-21(30)12-8-19)28(34)29(35)32(26)16-15-20-17-31-24-6-4-3-5-23(20)24/h3-14,17,26,31,33H,2,15-16H2,1H3/b27-25-. The molecule has 3 aromatic carbocycles. The molecule has 0 aliphatic carbocycles. The summed E-state index contributed by atoms with van der Waals surface area (Å²) in [7, 11) is 0. The summed E-state index contributed by atoms with van der Waals surface area (Å²) >= 11 is 0. The summed E-state index contributed by atoms with van der Waals surface area (Å²) in [5.41, 5.74) is 2.93. The monoisotopic (exact) mass is 484 g/mol. The summed E-state index contributed by atoms with van der Waals surface area (Å²) in [4.78, 5) is 31.2. The number of nitrogens with one attached hydrogen (secondary N) is 1. The third-order valence-electron chi connectivity index (χ3n) is 6.46. The number of likely N-dealkylation sites (tertiary alicyclic amines) is 1. The minimum absolute atomic E-state index is 0.0188. The molecule has 0 radical (unpaired) electrons. The Balaban J connectivity index is 1.55. The van der Waals surface area contributed by atoms with E-state index in [2.05, 4.69) is 4.98 Å². The van der Waals surface area contributed by atoms with Gasteiger partial charge in [-0.3, -0.25) is 9.59 Å². The number of ketones is 1. The van der Waals surface area contributed by atoms with Crippen molar-refractivity contribution < 1.29 is 23.8 Å². The second-order valence-corrected chi connectivity index (χ2v) is 8.61. The number of benzene rings is 3. The average Bonchev–Trinajstić information content (AvgIpc) is 3.42. The normalized spacial score (nSPS) is 17.2. The molecule has 5 rings (SSSR count). The van der Waals surface area contributed by atoms with E-state index >= 15 is 0 Å². The number of aliphatic hydroxyl groups is 1. The molecule has 36 heavy (non-hydrogen) atoms. The maximum absolute atomic E-state index is 13.5. The third-order valence-corrected chi connectivity index (χ3v) is 6.46. The van der Waals surface area contributed by atoms with Gasteiger partial charge in [0.2, 0.25) is 0 Å². The summed E-state index contributed by atoms with van der Waals surface area (Å²) in [6.45, 7) is 2.66. The van der Waals surface area contributed by atoms with Gasteiger partial charge in [-0.2, -0.15) is 0 Å². The number of carbonyl (C=O) groups excluding carboxylic acids is 2. The van der Waals surface area contributed by atoms with Gasteiger partial charge in [-0.15, -0.1) is 0 Å². The van der Waals surface area contributed by atoms with Crippen molar-refractivity contribution in [1.29, 1.82) is 0 Å². The molecule has 1 saturated heterocycles.